The van der Waals surface area contributed by atoms with Crippen LogP contribution in [0.3, 0.4) is 0 Å². The summed E-state index contributed by atoms with van der Waals surface area (Å²) in [5, 5.41) is 5.84. The molecular formula is C19H18FN5O. The highest BCUT2D eigenvalue weighted by Crippen LogP contribution is 2.07. The summed E-state index contributed by atoms with van der Waals surface area (Å²) in [5.74, 6) is -0.0367. The Morgan fingerprint density at radius 2 is 1.85 bits per heavy atom. The summed E-state index contributed by atoms with van der Waals surface area (Å²) in [6.45, 7) is 0.912. The van der Waals surface area contributed by atoms with Crippen LogP contribution < -0.4 is 10.6 Å². The van der Waals surface area contributed by atoms with Crippen LogP contribution >= 0.6 is 0 Å². The van der Waals surface area contributed by atoms with Gasteiger partial charge in [-0.3, -0.25) is 9.78 Å². The van der Waals surface area contributed by atoms with E-state index in [1.807, 2.05) is 12.1 Å². The van der Waals surface area contributed by atoms with Crippen molar-refractivity contribution in [2.75, 3.05) is 11.9 Å². The molecule has 0 bridgehead atoms. The molecule has 0 radical (unpaired) electrons. The van der Waals surface area contributed by atoms with E-state index in [9.17, 15) is 9.18 Å². The normalized spacial score (nSPS) is 10.3. The van der Waals surface area contributed by atoms with Crippen LogP contribution in [0.5, 0.6) is 0 Å². The third-order valence-corrected chi connectivity index (χ3v) is 3.75. The van der Waals surface area contributed by atoms with Gasteiger partial charge in [0.2, 0.25) is 0 Å². The zero-order valence-corrected chi connectivity index (χ0v) is 14.0. The van der Waals surface area contributed by atoms with Gasteiger partial charge in [0, 0.05) is 25.5 Å². The first kappa shape index (κ1) is 17.5. The van der Waals surface area contributed by atoms with Gasteiger partial charge in [-0.2, -0.15) is 0 Å². The minimum atomic E-state index is -0.338. The fourth-order valence-corrected chi connectivity index (χ4v) is 2.33. The molecule has 0 aliphatic rings. The SMILES string of the molecule is O=C(NCCc1ccccc1F)c1cnc(NCc2ccncc2)cn1. The number of amides is 1. The molecule has 3 rings (SSSR count). The van der Waals surface area contributed by atoms with Crippen LogP contribution in [0.4, 0.5) is 10.2 Å². The first-order valence-electron chi connectivity index (χ1n) is 8.19. The van der Waals surface area contributed by atoms with Gasteiger partial charge in [0.05, 0.1) is 12.4 Å². The fourth-order valence-electron chi connectivity index (χ4n) is 2.33. The standard InChI is InChI=1S/C19H18FN5O/c20-16-4-2-1-3-15(16)7-10-22-19(26)17-12-25-18(13-23-17)24-11-14-5-8-21-9-6-14/h1-6,8-9,12-13H,7,10-11H2,(H,22,26)(H,24,25). The van der Waals surface area contributed by atoms with Crippen molar-refractivity contribution in [3.63, 3.8) is 0 Å². The lowest BCUT2D eigenvalue weighted by atomic mass is 10.1. The summed E-state index contributed by atoms with van der Waals surface area (Å²) >= 11 is 0. The molecule has 6 nitrogen and oxygen atoms in total. The largest absolute Gasteiger partial charge is 0.365 e. The van der Waals surface area contributed by atoms with Crippen molar-refractivity contribution in [1.29, 1.82) is 0 Å². The van der Waals surface area contributed by atoms with Crippen molar-refractivity contribution in [1.82, 2.24) is 20.3 Å². The molecule has 7 heteroatoms. The average Bonchev–Trinajstić information content (AvgIpc) is 2.69. The van der Waals surface area contributed by atoms with Gasteiger partial charge in [0.15, 0.2) is 0 Å². The van der Waals surface area contributed by atoms with Crippen LogP contribution in [0.1, 0.15) is 21.6 Å². The Bertz CT molecular complexity index is 855. The lowest BCUT2D eigenvalue weighted by Crippen LogP contribution is -2.27. The summed E-state index contributed by atoms with van der Waals surface area (Å²) in [6.07, 6.45) is 6.77. The van der Waals surface area contributed by atoms with Crippen LogP contribution in [-0.4, -0.2) is 27.4 Å². The number of pyridine rings is 1. The van der Waals surface area contributed by atoms with Gasteiger partial charge in [0.1, 0.15) is 17.3 Å². The molecule has 0 fully saturated rings. The first-order chi connectivity index (χ1) is 12.7. The van der Waals surface area contributed by atoms with E-state index < -0.39 is 0 Å². The number of carbonyl (C=O) groups excluding carboxylic acids is 1. The third-order valence-electron chi connectivity index (χ3n) is 3.75. The van der Waals surface area contributed by atoms with E-state index in [2.05, 4.69) is 25.6 Å². The number of hydrogen-bond acceptors (Lipinski definition) is 5. The Hall–Kier alpha value is -3.35. The van der Waals surface area contributed by atoms with Crippen molar-refractivity contribution in [3.05, 3.63) is 83.8 Å². The monoisotopic (exact) mass is 351 g/mol. The maximum Gasteiger partial charge on any atom is 0.271 e. The highest BCUT2D eigenvalue weighted by atomic mass is 19.1. The molecule has 0 saturated carbocycles. The first-order valence-corrected chi connectivity index (χ1v) is 8.19. The van der Waals surface area contributed by atoms with Crippen LogP contribution in [0, 0.1) is 5.82 Å². The number of benzene rings is 1. The van der Waals surface area contributed by atoms with Gasteiger partial charge in [0.25, 0.3) is 5.91 Å². The number of carbonyl (C=O) groups is 1. The molecule has 3 aromatic rings. The maximum atomic E-state index is 13.5. The number of hydrogen-bond donors (Lipinski definition) is 2. The second kappa shape index (κ2) is 8.66. The molecule has 2 heterocycles. The topological polar surface area (TPSA) is 79.8 Å². The minimum Gasteiger partial charge on any atom is -0.365 e. The minimum absolute atomic E-state index is 0.216. The van der Waals surface area contributed by atoms with E-state index in [0.717, 1.165) is 5.56 Å². The number of nitrogens with one attached hydrogen (secondary N) is 2. The summed E-state index contributed by atoms with van der Waals surface area (Å²) in [7, 11) is 0. The highest BCUT2D eigenvalue weighted by Gasteiger charge is 2.08. The molecular weight excluding hydrogens is 333 g/mol. The molecule has 0 aliphatic carbocycles. The number of rotatable bonds is 7. The van der Waals surface area contributed by atoms with Crippen LogP contribution in [0.15, 0.2) is 61.2 Å². The zero-order valence-electron chi connectivity index (χ0n) is 14.0. The number of halogens is 1. The van der Waals surface area contributed by atoms with Crippen LogP contribution in [0.2, 0.25) is 0 Å². The van der Waals surface area contributed by atoms with E-state index in [4.69, 9.17) is 0 Å². The lowest BCUT2D eigenvalue weighted by Gasteiger charge is -2.07. The van der Waals surface area contributed by atoms with Gasteiger partial charge in [-0.1, -0.05) is 18.2 Å². The molecule has 0 spiro atoms. The molecule has 1 amide bonds. The van der Waals surface area contributed by atoms with Gasteiger partial charge in [-0.15, -0.1) is 0 Å². The van der Waals surface area contributed by atoms with Crippen molar-refractivity contribution >= 4 is 11.7 Å². The van der Waals surface area contributed by atoms with Gasteiger partial charge in [-0.05, 0) is 35.7 Å². The average molecular weight is 351 g/mol. The number of anilines is 1. The Morgan fingerprint density at radius 1 is 1.04 bits per heavy atom. The number of aromatic nitrogens is 3. The van der Waals surface area contributed by atoms with Gasteiger partial charge >= 0.3 is 0 Å². The van der Waals surface area contributed by atoms with Gasteiger partial charge in [-0.25, -0.2) is 14.4 Å². The van der Waals surface area contributed by atoms with Crippen molar-refractivity contribution in [2.45, 2.75) is 13.0 Å². The fraction of sp³-hybridized carbons (Fsp3) is 0.158. The van der Waals surface area contributed by atoms with Crippen molar-refractivity contribution in [2.24, 2.45) is 0 Å². The molecule has 1 aromatic carbocycles. The molecule has 2 N–H and O–H groups in total. The molecule has 26 heavy (non-hydrogen) atoms. The highest BCUT2D eigenvalue weighted by molar-refractivity contribution is 5.91. The Labute approximate surface area is 150 Å². The third kappa shape index (κ3) is 4.83. The second-order valence-corrected chi connectivity index (χ2v) is 5.59. The zero-order chi connectivity index (χ0) is 18.2. The molecule has 0 atom stereocenters. The van der Waals surface area contributed by atoms with Crippen LogP contribution in [0.25, 0.3) is 0 Å². The Kier molecular flexibility index (Phi) is 5.82. The Morgan fingerprint density at radius 3 is 2.58 bits per heavy atom. The summed E-state index contributed by atoms with van der Waals surface area (Å²) in [4.78, 5) is 24.3. The molecule has 0 unspecified atom stereocenters. The molecule has 2 aromatic heterocycles. The predicted octanol–water partition coefficient (Wildman–Crippen LogP) is 2.60. The predicted molar refractivity (Wildman–Crippen MR) is 96.0 cm³/mol. The molecule has 0 saturated heterocycles. The van der Waals surface area contributed by atoms with E-state index in [1.165, 1.54) is 18.5 Å². The van der Waals surface area contributed by atoms with Crippen LogP contribution in [-0.2, 0) is 13.0 Å². The summed E-state index contributed by atoms with van der Waals surface area (Å²) in [5.41, 5.74) is 1.85. The maximum absolute atomic E-state index is 13.5. The summed E-state index contributed by atoms with van der Waals surface area (Å²) < 4.78 is 13.5. The smallest absolute Gasteiger partial charge is 0.271 e. The van der Waals surface area contributed by atoms with E-state index in [0.29, 0.717) is 30.9 Å². The van der Waals surface area contributed by atoms with Crippen molar-refractivity contribution < 1.29 is 9.18 Å². The summed E-state index contributed by atoms with van der Waals surface area (Å²) in [6, 6.07) is 10.3. The quantitative estimate of drug-likeness (QED) is 0.684. The second-order valence-electron chi connectivity index (χ2n) is 5.59. The number of nitrogens with zero attached hydrogens (tertiary/aromatic N) is 3. The van der Waals surface area contributed by atoms with E-state index in [-0.39, 0.29) is 17.4 Å². The molecule has 132 valence electrons. The van der Waals surface area contributed by atoms with Gasteiger partial charge < -0.3 is 10.6 Å². The van der Waals surface area contributed by atoms with E-state index >= 15 is 0 Å². The molecule has 0 aliphatic heterocycles. The van der Waals surface area contributed by atoms with E-state index in [1.54, 1.807) is 30.6 Å². The Balaban J connectivity index is 1.48. The lowest BCUT2D eigenvalue weighted by molar-refractivity contribution is 0.0948. The van der Waals surface area contributed by atoms with Crippen molar-refractivity contribution in [3.8, 4) is 0 Å².